The molecule has 1 aliphatic heterocycles. The summed E-state index contributed by atoms with van der Waals surface area (Å²) < 4.78 is 4.95. The van der Waals surface area contributed by atoms with Gasteiger partial charge in [-0.3, -0.25) is 9.59 Å². The minimum absolute atomic E-state index is 0.0339. The Balaban J connectivity index is 1.81. The smallest absolute Gasteiger partial charge is 0.228 e. The first-order chi connectivity index (χ1) is 11.5. The lowest BCUT2D eigenvalue weighted by Crippen LogP contribution is -2.44. The SMILES string of the molecule is CCCCC(CC)C(=O)N1CCC(C(=O)Nc2cc(C)on2)CC1. The van der Waals surface area contributed by atoms with Crippen LogP contribution in [0.4, 0.5) is 5.82 Å². The number of carbonyl (C=O) groups excluding carboxylic acids is 2. The number of piperidine rings is 1. The summed E-state index contributed by atoms with van der Waals surface area (Å²) in [6.07, 6.45) is 5.49. The molecule has 1 fully saturated rings. The predicted molar refractivity (Wildman–Crippen MR) is 92.5 cm³/mol. The van der Waals surface area contributed by atoms with E-state index in [0.717, 1.165) is 25.7 Å². The van der Waals surface area contributed by atoms with Gasteiger partial charge in [0.1, 0.15) is 5.76 Å². The van der Waals surface area contributed by atoms with Crippen LogP contribution in [0.25, 0.3) is 0 Å². The summed E-state index contributed by atoms with van der Waals surface area (Å²) in [6, 6.07) is 1.70. The van der Waals surface area contributed by atoms with E-state index in [-0.39, 0.29) is 23.7 Å². The van der Waals surface area contributed by atoms with E-state index in [2.05, 4.69) is 24.3 Å². The van der Waals surface area contributed by atoms with Crippen LogP contribution in [-0.4, -0.2) is 35.0 Å². The van der Waals surface area contributed by atoms with E-state index in [9.17, 15) is 9.59 Å². The van der Waals surface area contributed by atoms with E-state index in [4.69, 9.17) is 4.52 Å². The number of nitrogens with zero attached hydrogens (tertiary/aromatic N) is 2. The molecular formula is C18H29N3O3. The van der Waals surface area contributed by atoms with E-state index in [0.29, 0.717) is 37.5 Å². The van der Waals surface area contributed by atoms with Gasteiger partial charge in [-0.2, -0.15) is 0 Å². The third-order valence-electron chi connectivity index (χ3n) is 4.80. The number of carbonyl (C=O) groups is 2. The predicted octanol–water partition coefficient (Wildman–Crippen LogP) is 3.38. The highest BCUT2D eigenvalue weighted by Gasteiger charge is 2.30. The number of anilines is 1. The van der Waals surface area contributed by atoms with Crippen LogP contribution in [0.5, 0.6) is 0 Å². The second-order valence-corrected chi connectivity index (χ2v) is 6.66. The molecule has 1 atom stereocenters. The van der Waals surface area contributed by atoms with Crippen molar-refractivity contribution in [3.05, 3.63) is 11.8 Å². The highest BCUT2D eigenvalue weighted by Crippen LogP contribution is 2.23. The fraction of sp³-hybridized carbons (Fsp3) is 0.722. The Morgan fingerprint density at radius 3 is 2.62 bits per heavy atom. The molecule has 0 aliphatic carbocycles. The third kappa shape index (κ3) is 4.82. The standard InChI is InChI=1S/C18H29N3O3/c1-4-6-7-14(5-2)18(23)21-10-8-15(9-11-21)17(22)19-16-12-13(3)24-20-16/h12,14-15H,4-11H2,1-3H3,(H,19,20,22). The van der Waals surface area contributed by atoms with Crippen molar-refractivity contribution in [3.8, 4) is 0 Å². The topological polar surface area (TPSA) is 75.4 Å². The number of aromatic nitrogens is 1. The summed E-state index contributed by atoms with van der Waals surface area (Å²) >= 11 is 0. The third-order valence-corrected chi connectivity index (χ3v) is 4.80. The molecule has 1 unspecified atom stereocenters. The molecule has 24 heavy (non-hydrogen) atoms. The minimum Gasteiger partial charge on any atom is -0.360 e. The second kappa shape index (κ2) is 8.85. The fourth-order valence-corrected chi connectivity index (χ4v) is 3.23. The number of unbranched alkanes of at least 4 members (excludes halogenated alkanes) is 1. The van der Waals surface area contributed by atoms with Gasteiger partial charge < -0.3 is 14.7 Å². The van der Waals surface area contributed by atoms with Gasteiger partial charge in [-0.05, 0) is 32.6 Å². The molecule has 1 N–H and O–H groups in total. The minimum atomic E-state index is -0.0678. The first kappa shape index (κ1) is 18.5. The maximum absolute atomic E-state index is 12.6. The quantitative estimate of drug-likeness (QED) is 0.829. The number of nitrogens with one attached hydrogen (secondary N) is 1. The second-order valence-electron chi connectivity index (χ2n) is 6.66. The van der Waals surface area contributed by atoms with Gasteiger partial charge in [0, 0.05) is 31.0 Å². The molecule has 1 aromatic rings. The first-order valence-corrected chi connectivity index (χ1v) is 9.08. The number of aryl methyl sites for hydroxylation is 1. The fourth-order valence-electron chi connectivity index (χ4n) is 3.23. The molecule has 0 bridgehead atoms. The highest BCUT2D eigenvalue weighted by molar-refractivity contribution is 5.91. The zero-order valence-electron chi connectivity index (χ0n) is 15.0. The molecule has 0 saturated carbocycles. The van der Waals surface area contributed by atoms with Gasteiger partial charge in [0.15, 0.2) is 5.82 Å². The molecule has 134 valence electrons. The van der Waals surface area contributed by atoms with Gasteiger partial charge in [-0.25, -0.2) is 0 Å². The number of hydrogen-bond donors (Lipinski definition) is 1. The van der Waals surface area contributed by atoms with Gasteiger partial charge in [-0.15, -0.1) is 0 Å². The van der Waals surface area contributed by atoms with Crippen LogP contribution in [0.2, 0.25) is 0 Å². The summed E-state index contributed by atoms with van der Waals surface area (Å²) in [5.41, 5.74) is 0. The average Bonchev–Trinajstić information content (AvgIpc) is 3.00. The monoisotopic (exact) mass is 335 g/mol. The van der Waals surface area contributed by atoms with E-state index >= 15 is 0 Å². The van der Waals surface area contributed by atoms with Crippen molar-refractivity contribution in [3.63, 3.8) is 0 Å². The lowest BCUT2D eigenvalue weighted by Gasteiger charge is -2.33. The van der Waals surface area contributed by atoms with Crippen LogP contribution >= 0.6 is 0 Å². The molecule has 0 aromatic carbocycles. The Bertz CT molecular complexity index is 547. The molecule has 2 rings (SSSR count). The van der Waals surface area contributed by atoms with Crippen LogP contribution in [0.3, 0.4) is 0 Å². The van der Waals surface area contributed by atoms with Gasteiger partial charge in [-0.1, -0.05) is 31.8 Å². The number of rotatable bonds is 7. The highest BCUT2D eigenvalue weighted by atomic mass is 16.5. The number of hydrogen-bond acceptors (Lipinski definition) is 4. The Morgan fingerprint density at radius 1 is 1.38 bits per heavy atom. The van der Waals surface area contributed by atoms with Crippen LogP contribution < -0.4 is 5.32 Å². The Morgan fingerprint density at radius 2 is 2.08 bits per heavy atom. The first-order valence-electron chi connectivity index (χ1n) is 9.08. The molecule has 0 spiro atoms. The van der Waals surface area contributed by atoms with Crippen LogP contribution in [0, 0.1) is 18.8 Å². The maximum Gasteiger partial charge on any atom is 0.228 e. The molecule has 6 heteroatoms. The van der Waals surface area contributed by atoms with Crippen molar-refractivity contribution in [1.29, 1.82) is 0 Å². The van der Waals surface area contributed by atoms with Crippen molar-refractivity contribution in [2.75, 3.05) is 18.4 Å². The molecule has 2 heterocycles. The van der Waals surface area contributed by atoms with Crippen molar-refractivity contribution < 1.29 is 14.1 Å². The van der Waals surface area contributed by atoms with Crippen molar-refractivity contribution in [2.24, 2.45) is 11.8 Å². The van der Waals surface area contributed by atoms with Crippen molar-refractivity contribution in [2.45, 2.75) is 59.3 Å². The van der Waals surface area contributed by atoms with Gasteiger partial charge >= 0.3 is 0 Å². The van der Waals surface area contributed by atoms with Gasteiger partial charge in [0.25, 0.3) is 0 Å². The zero-order valence-corrected chi connectivity index (χ0v) is 15.0. The molecular weight excluding hydrogens is 306 g/mol. The molecule has 1 aromatic heterocycles. The summed E-state index contributed by atoms with van der Waals surface area (Å²) in [5.74, 6) is 1.42. The molecule has 6 nitrogen and oxygen atoms in total. The molecule has 2 amide bonds. The summed E-state index contributed by atoms with van der Waals surface area (Å²) in [7, 11) is 0. The average molecular weight is 335 g/mol. The largest absolute Gasteiger partial charge is 0.360 e. The number of amides is 2. The van der Waals surface area contributed by atoms with E-state index in [1.165, 1.54) is 0 Å². The lowest BCUT2D eigenvalue weighted by atomic mass is 9.92. The van der Waals surface area contributed by atoms with Crippen molar-refractivity contribution >= 4 is 17.6 Å². The van der Waals surface area contributed by atoms with Crippen LogP contribution in [-0.2, 0) is 9.59 Å². The van der Waals surface area contributed by atoms with Gasteiger partial charge in [0.2, 0.25) is 11.8 Å². The van der Waals surface area contributed by atoms with Crippen molar-refractivity contribution in [1.82, 2.24) is 10.1 Å². The van der Waals surface area contributed by atoms with E-state index < -0.39 is 0 Å². The maximum atomic E-state index is 12.6. The number of likely N-dealkylation sites (tertiary alicyclic amines) is 1. The molecule has 1 saturated heterocycles. The van der Waals surface area contributed by atoms with Crippen LogP contribution in [0.1, 0.15) is 58.1 Å². The van der Waals surface area contributed by atoms with Crippen LogP contribution in [0.15, 0.2) is 10.6 Å². The normalized spacial score (nSPS) is 16.9. The zero-order chi connectivity index (χ0) is 17.5. The Kier molecular flexibility index (Phi) is 6.82. The molecule has 1 aliphatic rings. The van der Waals surface area contributed by atoms with E-state index in [1.54, 1.807) is 13.0 Å². The summed E-state index contributed by atoms with van der Waals surface area (Å²) in [4.78, 5) is 26.8. The van der Waals surface area contributed by atoms with E-state index in [1.807, 2.05) is 4.90 Å². The Labute approximate surface area is 143 Å². The molecule has 0 radical (unpaired) electrons. The summed E-state index contributed by atoms with van der Waals surface area (Å²) in [5, 5.41) is 6.58. The lowest BCUT2D eigenvalue weighted by molar-refractivity contribution is -0.138. The Hall–Kier alpha value is -1.85. The summed E-state index contributed by atoms with van der Waals surface area (Å²) in [6.45, 7) is 7.35. The van der Waals surface area contributed by atoms with Gasteiger partial charge in [0.05, 0.1) is 0 Å².